The summed E-state index contributed by atoms with van der Waals surface area (Å²) in [5.74, 6) is 0.594. The SMILES string of the molecule is CCCNc1cc(C(=O)Nc2ccc(SC)cc2)ccn1. The Balaban J connectivity index is 2.05. The van der Waals surface area contributed by atoms with Gasteiger partial charge in [0.2, 0.25) is 0 Å². The molecule has 1 aromatic carbocycles. The van der Waals surface area contributed by atoms with Crippen LogP contribution in [0.5, 0.6) is 0 Å². The Morgan fingerprint density at radius 1 is 1.24 bits per heavy atom. The van der Waals surface area contributed by atoms with Gasteiger partial charge in [0.15, 0.2) is 0 Å². The van der Waals surface area contributed by atoms with Crippen LogP contribution >= 0.6 is 11.8 Å². The van der Waals surface area contributed by atoms with E-state index in [0.717, 1.165) is 24.5 Å². The van der Waals surface area contributed by atoms with Gasteiger partial charge in [-0.3, -0.25) is 4.79 Å². The van der Waals surface area contributed by atoms with Crippen LogP contribution in [-0.4, -0.2) is 23.7 Å². The molecule has 0 spiro atoms. The van der Waals surface area contributed by atoms with E-state index in [-0.39, 0.29) is 5.91 Å². The molecule has 0 atom stereocenters. The van der Waals surface area contributed by atoms with Crippen molar-refractivity contribution >= 4 is 29.2 Å². The van der Waals surface area contributed by atoms with Crippen LogP contribution in [0.3, 0.4) is 0 Å². The average molecular weight is 301 g/mol. The van der Waals surface area contributed by atoms with Crippen molar-refractivity contribution in [2.24, 2.45) is 0 Å². The highest BCUT2D eigenvalue weighted by Gasteiger charge is 2.07. The Morgan fingerprint density at radius 2 is 2.00 bits per heavy atom. The molecule has 0 bridgehead atoms. The number of anilines is 2. The summed E-state index contributed by atoms with van der Waals surface area (Å²) in [5.41, 5.74) is 1.38. The highest BCUT2D eigenvalue weighted by Crippen LogP contribution is 2.18. The highest BCUT2D eigenvalue weighted by molar-refractivity contribution is 7.98. The van der Waals surface area contributed by atoms with Gasteiger partial charge in [-0.05, 0) is 49.1 Å². The van der Waals surface area contributed by atoms with Crippen LogP contribution in [0.2, 0.25) is 0 Å². The minimum absolute atomic E-state index is 0.131. The smallest absolute Gasteiger partial charge is 0.255 e. The van der Waals surface area contributed by atoms with E-state index in [9.17, 15) is 4.79 Å². The summed E-state index contributed by atoms with van der Waals surface area (Å²) in [6.07, 6.45) is 4.68. The molecule has 0 fully saturated rings. The molecule has 0 aliphatic carbocycles. The zero-order valence-electron chi connectivity index (χ0n) is 12.2. The van der Waals surface area contributed by atoms with Gasteiger partial charge >= 0.3 is 0 Å². The number of nitrogens with zero attached hydrogens (tertiary/aromatic N) is 1. The first kappa shape index (κ1) is 15.4. The Labute approximate surface area is 129 Å². The number of nitrogens with one attached hydrogen (secondary N) is 2. The third-order valence-corrected chi connectivity index (χ3v) is 3.67. The topological polar surface area (TPSA) is 54.0 Å². The monoisotopic (exact) mass is 301 g/mol. The largest absolute Gasteiger partial charge is 0.370 e. The number of amides is 1. The fourth-order valence-corrected chi connectivity index (χ4v) is 2.21. The molecule has 5 heteroatoms. The quantitative estimate of drug-likeness (QED) is 0.795. The van der Waals surface area contributed by atoms with Gasteiger partial charge in [0.05, 0.1) is 0 Å². The number of hydrogen-bond donors (Lipinski definition) is 2. The van der Waals surface area contributed by atoms with Gasteiger partial charge in [-0.25, -0.2) is 4.98 Å². The molecular formula is C16H19N3OS. The second kappa shape index (κ2) is 7.69. The maximum absolute atomic E-state index is 12.2. The number of aromatic nitrogens is 1. The minimum atomic E-state index is -0.131. The van der Waals surface area contributed by atoms with Crippen molar-refractivity contribution in [2.45, 2.75) is 18.2 Å². The summed E-state index contributed by atoms with van der Waals surface area (Å²) in [6, 6.07) is 11.3. The first-order valence-corrected chi connectivity index (χ1v) is 8.10. The lowest BCUT2D eigenvalue weighted by molar-refractivity contribution is 0.102. The van der Waals surface area contributed by atoms with Crippen LogP contribution in [0.4, 0.5) is 11.5 Å². The highest BCUT2D eigenvalue weighted by atomic mass is 32.2. The second-order valence-corrected chi connectivity index (χ2v) is 5.42. The Hall–Kier alpha value is -2.01. The lowest BCUT2D eigenvalue weighted by Crippen LogP contribution is -2.12. The number of carbonyl (C=O) groups is 1. The second-order valence-electron chi connectivity index (χ2n) is 4.54. The van der Waals surface area contributed by atoms with Crippen molar-refractivity contribution in [3.05, 3.63) is 48.2 Å². The van der Waals surface area contributed by atoms with Crippen molar-refractivity contribution in [1.29, 1.82) is 0 Å². The average Bonchev–Trinajstić information content (AvgIpc) is 2.54. The maximum atomic E-state index is 12.2. The molecule has 2 aromatic rings. The first-order valence-electron chi connectivity index (χ1n) is 6.88. The van der Waals surface area contributed by atoms with Gasteiger partial charge in [0.1, 0.15) is 5.82 Å². The van der Waals surface area contributed by atoms with E-state index < -0.39 is 0 Å². The summed E-state index contributed by atoms with van der Waals surface area (Å²) in [5, 5.41) is 6.06. The lowest BCUT2D eigenvalue weighted by Gasteiger charge is -2.08. The zero-order valence-corrected chi connectivity index (χ0v) is 13.0. The lowest BCUT2D eigenvalue weighted by atomic mass is 10.2. The van der Waals surface area contributed by atoms with Gasteiger partial charge in [-0.1, -0.05) is 6.92 Å². The van der Waals surface area contributed by atoms with Crippen molar-refractivity contribution < 1.29 is 4.79 Å². The van der Waals surface area contributed by atoms with Crippen molar-refractivity contribution in [3.63, 3.8) is 0 Å². The molecule has 0 aliphatic rings. The minimum Gasteiger partial charge on any atom is -0.370 e. The molecule has 2 N–H and O–H groups in total. The third kappa shape index (κ3) is 4.49. The first-order chi connectivity index (χ1) is 10.2. The van der Waals surface area contributed by atoms with Crippen LogP contribution in [-0.2, 0) is 0 Å². The number of pyridine rings is 1. The Kier molecular flexibility index (Phi) is 5.63. The number of thioether (sulfide) groups is 1. The van der Waals surface area contributed by atoms with Crippen molar-refractivity contribution in [3.8, 4) is 0 Å². The third-order valence-electron chi connectivity index (χ3n) is 2.93. The maximum Gasteiger partial charge on any atom is 0.255 e. The molecular weight excluding hydrogens is 282 g/mol. The van der Waals surface area contributed by atoms with Crippen LogP contribution in [0, 0.1) is 0 Å². The van der Waals surface area contributed by atoms with Crippen LogP contribution < -0.4 is 10.6 Å². The summed E-state index contributed by atoms with van der Waals surface area (Å²) >= 11 is 1.67. The fourth-order valence-electron chi connectivity index (χ4n) is 1.80. The van der Waals surface area contributed by atoms with Gasteiger partial charge in [-0.15, -0.1) is 11.8 Å². The van der Waals surface area contributed by atoms with E-state index in [2.05, 4.69) is 22.5 Å². The number of rotatable bonds is 6. The normalized spacial score (nSPS) is 10.2. The summed E-state index contributed by atoms with van der Waals surface area (Å²) in [6.45, 7) is 2.93. The van der Waals surface area contributed by atoms with Crippen LogP contribution in [0.1, 0.15) is 23.7 Å². The van der Waals surface area contributed by atoms with Crippen molar-refractivity contribution in [1.82, 2.24) is 4.98 Å². The van der Waals surface area contributed by atoms with Gasteiger partial charge in [0.25, 0.3) is 5.91 Å². The standard InChI is InChI=1S/C16H19N3OS/c1-3-9-17-15-11-12(8-10-18-15)16(20)19-13-4-6-14(21-2)7-5-13/h4-8,10-11H,3,9H2,1-2H3,(H,17,18)(H,19,20). The van der Waals surface area contributed by atoms with E-state index in [4.69, 9.17) is 0 Å². The number of hydrogen-bond acceptors (Lipinski definition) is 4. The Bertz CT molecular complexity index is 599. The van der Waals surface area contributed by atoms with E-state index in [1.807, 2.05) is 30.5 Å². The molecule has 1 amide bonds. The van der Waals surface area contributed by atoms with Gasteiger partial charge < -0.3 is 10.6 Å². The van der Waals surface area contributed by atoms with E-state index in [0.29, 0.717) is 5.56 Å². The predicted molar refractivity (Wildman–Crippen MR) is 89.2 cm³/mol. The number of benzene rings is 1. The van der Waals surface area contributed by atoms with Crippen LogP contribution in [0.25, 0.3) is 0 Å². The van der Waals surface area contributed by atoms with E-state index in [1.165, 1.54) is 4.90 Å². The molecule has 1 heterocycles. The molecule has 21 heavy (non-hydrogen) atoms. The number of carbonyl (C=O) groups excluding carboxylic acids is 1. The molecule has 0 saturated heterocycles. The van der Waals surface area contributed by atoms with Crippen molar-refractivity contribution in [2.75, 3.05) is 23.4 Å². The fraction of sp³-hybridized carbons (Fsp3) is 0.250. The molecule has 0 aliphatic heterocycles. The molecule has 110 valence electrons. The van der Waals surface area contributed by atoms with Gasteiger partial charge in [0, 0.05) is 28.9 Å². The molecule has 0 unspecified atom stereocenters. The molecule has 2 rings (SSSR count). The predicted octanol–water partition coefficient (Wildman–Crippen LogP) is 3.88. The molecule has 0 radical (unpaired) electrons. The zero-order chi connectivity index (χ0) is 15.1. The molecule has 0 saturated carbocycles. The summed E-state index contributed by atoms with van der Waals surface area (Å²) in [7, 11) is 0. The molecule has 4 nitrogen and oxygen atoms in total. The van der Waals surface area contributed by atoms with Gasteiger partial charge in [-0.2, -0.15) is 0 Å². The summed E-state index contributed by atoms with van der Waals surface area (Å²) in [4.78, 5) is 17.6. The molecule has 1 aromatic heterocycles. The van der Waals surface area contributed by atoms with E-state index in [1.54, 1.807) is 30.1 Å². The Morgan fingerprint density at radius 3 is 2.67 bits per heavy atom. The van der Waals surface area contributed by atoms with Crippen LogP contribution in [0.15, 0.2) is 47.5 Å². The van der Waals surface area contributed by atoms with E-state index >= 15 is 0 Å². The summed E-state index contributed by atoms with van der Waals surface area (Å²) < 4.78 is 0.